The van der Waals surface area contributed by atoms with Gasteiger partial charge in [-0.15, -0.1) is 0 Å². The van der Waals surface area contributed by atoms with Crippen molar-refractivity contribution < 1.29 is 20.1 Å². The number of aliphatic hydroxyl groups is 2. The maximum absolute atomic E-state index is 10.9. The highest BCUT2D eigenvalue weighted by Gasteiger charge is 2.26. The van der Waals surface area contributed by atoms with Crippen LogP contribution in [-0.4, -0.2) is 45.6 Å². The highest BCUT2D eigenvalue weighted by Crippen LogP contribution is 2.03. The Bertz CT molecular complexity index is 500. The van der Waals surface area contributed by atoms with Gasteiger partial charge in [0.25, 0.3) is 0 Å². The molecule has 0 spiro atoms. The van der Waals surface area contributed by atoms with Crippen molar-refractivity contribution in [1.82, 2.24) is 5.32 Å². The molecule has 0 fully saturated rings. The number of carboxylic acids is 1. The van der Waals surface area contributed by atoms with Crippen LogP contribution in [0.25, 0.3) is 0 Å². The molecule has 0 aliphatic carbocycles. The van der Waals surface area contributed by atoms with Gasteiger partial charge in [0.05, 0.1) is 6.10 Å². The van der Waals surface area contributed by atoms with E-state index >= 15 is 0 Å². The molecule has 0 aliphatic heterocycles. The Morgan fingerprint density at radius 1 is 1.40 bits per heavy atom. The first kappa shape index (κ1) is 16.2. The fourth-order valence-corrected chi connectivity index (χ4v) is 1.55. The zero-order valence-corrected chi connectivity index (χ0v) is 11.5. The first-order chi connectivity index (χ1) is 9.32. The van der Waals surface area contributed by atoms with E-state index in [0.29, 0.717) is 0 Å². The molecule has 0 heterocycles. The summed E-state index contributed by atoms with van der Waals surface area (Å²) >= 11 is 0. The second kappa shape index (κ2) is 7.06. The van der Waals surface area contributed by atoms with E-state index in [2.05, 4.69) is 17.2 Å². The maximum Gasteiger partial charge on any atom is 0.323 e. The lowest BCUT2D eigenvalue weighted by Crippen LogP contribution is -2.50. The number of benzene rings is 1. The molecule has 0 aromatic heterocycles. The van der Waals surface area contributed by atoms with Crippen molar-refractivity contribution in [1.29, 1.82) is 0 Å². The zero-order chi connectivity index (χ0) is 15.2. The first-order valence-electron chi connectivity index (χ1n) is 6.27. The van der Waals surface area contributed by atoms with Crippen LogP contribution in [-0.2, 0) is 4.79 Å². The van der Waals surface area contributed by atoms with Crippen LogP contribution in [0.1, 0.15) is 19.4 Å². The average molecular weight is 277 g/mol. The topological polar surface area (TPSA) is 89.8 Å². The van der Waals surface area contributed by atoms with Crippen molar-refractivity contribution in [3.8, 4) is 11.8 Å². The van der Waals surface area contributed by atoms with Crippen LogP contribution < -0.4 is 5.32 Å². The number of hydrogen-bond acceptors (Lipinski definition) is 4. The minimum absolute atomic E-state index is 0.0608. The highest BCUT2D eigenvalue weighted by molar-refractivity contribution is 5.74. The number of aliphatic hydroxyl groups excluding tert-OH is 1. The SMILES string of the molecule is C[C@H](O)[C@H](NC[C@](C)(O)C#Cc1ccccc1)C(=O)O. The van der Waals surface area contributed by atoms with E-state index in [9.17, 15) is 15.0 Å². The Kier molecular flexibility index (Phi) is 5.71. The van der Waals surface area contributed by atoms with Gasteiger partial charge in [0.15, 0.2) is 0 Å². The van der Waals surface area contributed by atoms with E-state index in [0.717, 1.165) is 5.56 Å². The molecule has 1 aromatic rings. The second-order valence-electron chi connectivity index (χ2n) is 4.83. The highest BCUT2D eigenvalue weighted by atomic mass is 16.4. The van der Waals surface area contributed by atoms with Gasteiger partial charge in [0, 0.05) is 12.1 Å². The molecule has 0 saturated carbocycles. The normalized spacial score (nSPS) is 16.4. The summed E-state index contributed by atoms with van der Waals surface area (Å²) in [6.45, 7) is 2.79. The molecule has 0 unspecified atom stereocenters. The number of carbonyl (C=O) groups is 1. The number of nitrogens with one attached hydrogen (secondary N) is 1. The average Bonchev–Trinajstić information content (AvgIpc) is 2.37. The summed E-state index contributed by atoms with van der Waals surface area (Å²) in [5, 5.41) is 30.9. The zero-order valence-electron chi connectivity index (χ0n) is 11.5. The van der Waals surface area contributed by atoms with E-state index < -0.39 is 23.7 Å². The van der Waals surface area contributed by atoms with Crippen molar-refractivity contribution in [2.45, 2.75) is 31.6 Å². The molecule has 0 radical (unpaired) electrons. The number of carboxylic acid groups (broad SMARTS) is 1. The molecule has 0 saturated heterocycles. The van der Waals surface area contributed by atoms with Gasteiger partial charge in [0.2, 0.25) is 0 Å². The summed E-state index contributed by atoms with van der Waals surface area (Å²) in [4.78, 5) is 10.9. The van der Waals surface area contributed by atoms with Gasteiger partial charge in [-0.1, -0.05) is 30.0 Å². The van der Waals surface area contributed by atoms with Gasteiger partial charge in [-0.25, -0.2) is 0 Å². The summed E-state index contributed by atoms with van der Waals surface area (Å²) in [5.74, 6) is 4.32. The van der Waals surface area contributed by atoms with Crippen LogP contribution in [0.3, 0.4) is 0 Å². The summed E-state index contributed by atoms with van der Waals surface area (Å²) in [7, 11) is 0. The molecule has 1 rings (SSSR count). The molecular weight excluding hydrogens is 258 g/mol. The summed E-state index contributed by atoms with van der Waals surface area (Å²) in [6, 6.07) is 8.03. The number of hydrogen-bond donors (Lipinski definition) is 4. The summed E-state index contributed by atoms with van der Waals surface area (Å²) < 4.78 is 0. The molecule has 108 valence electrons. The standard InChI is InChI=1S/C15H19NO4/c1-11(17)13(14(18)19)16-10-15(2,20)9-8-12-6-4-3-5-7-12/h3-7,11,13,16-17,20H,10H2,1-2H3,(H,18,19)/t11-,13-,15+/m0/s1. The van der Waals surface area contributed by atoms with Crippen LogP contribution in [0.4, 0.5) is 0 Å². The van der Waals surface area contributed by atoms with Gasteiger partial charge in [-0.3, -0.25) is 10.1 Å². The molecule has 20 heavy (non-hydrogen) atoms. The largest absolute Gasteiger partial charge is 0.480 e. The Hall–Kier alpha value is -1.87. The van der Waals surface area contributed by atoms with Gasteiger partial charge in [0.1, 0.15) is 11.6 Å². The number of aliphatic carboxylic acids is 1. The third-order valence-electron chi connectivity index (χ3n) is 2.66. The van der Waals surface area contributed by atoms with E-state index in [1.54, 1.807) is 0 Å². The minimum Gasteiger partial charge on any atom is -0.480 e. The van der Waals surface area contributed by atoms with Gasteiger partial charge in [-0.05, 0) is 26.0 Å². The molecule has 1 aromatic carbocycles. The molecular formula is C15H19NO4. The van der Waals surface area contributed by atoms with Crippen molar-refractivity contribution >= 4 is 5.97 Å². The fraction of sp³-hybridized carbons (Fsp3) is 0.400. The molecule has 3 atom stereocenters. The lowest BCUT2D eigenvalue weighted by Gasteiger charge is -2.22. The molecule has 0 aliphatic rings. The predicted octanol–water partition coefficient (Wildman–Crippen LogP) is 0.213. The maximum atomic E-state index is 10.9. The summed E-state index contributed by atoms with van der Waals surface area (Å²) in [6.07, 6.45) is -1.06. The van der Waals surface area contributed by atoms with Crippen LogP contribution in [0.15, 0.2) is 30.3 Å². The van der Waals surface area contributed by atoms with Crippen LogP contribution in [0.5, 0.6) is 0 Å². The molecule has 5 nitrogen and oxygen atoms in total. The molecule has 4 N–H and O–H groups in total. The molecule has 0 bridgehead atoms. The van der Waals surface area contributed by atoms with E-state index in [4.69, 9.17) is 5.11 Å². The molecule has 0 amide bonds. The number of rotatable bonds is 5. The molecule has 5 heteroatoms. The lowest BCUT2D eigenvalue weighted by atomic mass is 10.1. The van der Waals surface area contributed by atoms with E-state index in [1.807, 2.05) is 30.3 Å². The first-order valence-corrected chi connectivity index (χ1v) is 6.27. The van der Waals surface area contributed by atoms with Gasteiger partial charge >= 0.3 is 5.97 Å². The Labute approximate surface area is 118 Å². The predicted molar refractivity (Wildman–Crippen MR) is 75.1 cm³/mol. The Balaban J connectivity index is 2.66. The van der Waals surface area contributed by atoms with Gasteiger partial charge in [-0.2, -0.15) is 0 Å². The van der Waals surface area contributed by atoms with Crippen LogP contribution in [0.2, 0.25) is 0 Å². The smallest absolute Gasteiger partial charge is 0.323 e. The minimum atomic E-state index is -1.39. The van der Waals surface area contributed by atoms with E-state index in [-0.39, 0.29) is 6.54 Å². The monoisotopic (exact) mass is 277 g/mol. The fourth-order valence-electron chi connectivity index (χ4n) is 1.55. The van der Waals surface area contributed by atoms with Crippen molar-refractivity contribution in [3.63, 3.8) is 0 Å². The van der Waals surface area contributed by atoms with Crippen LogP contribution >= 0.6 is 0 Å². The lowest BCUT2D eigenvalue weighted by molar-refractivity contribution is -0.142. The van der Waals surface area contributed by atoms with Crippen molar-refractivity contribution in [2.24, 2.45) is 0 Å². The van der Waals surface area contributed by atoms with Gasteiger partial charge < -0.3 is 15.3 Å². The second-order valence-corrected chi connectivity index (χ2v) is 4.83. The van der Waals surface area contributed by atoms with Crippen molar-refractivity contribution in [3.05, 3.63) is 35.9 Å². The quantitative estimate of drug-likeness (QED) is 0.578. The van der Waals surface area contributed by atoms with Crippen LogP contribution in [0, 0.1) is 11.8 Å². The Morgan fingerprint density at radius 2 is 2.00 bits per heavy atom. The third kappa shape index (κ3) is 5.41. The third-order valence-corrected chi connectivity index (χ3v) is 2.66. The Morgan fingerprint density at radius 3 is 2.50 bits per heavy atom. The van der Waals surface area contributed by atoms with E-state index in [1.165, 1.54) is 13.8 Å². The van der Waals surface area contributed by atoms with Crippen molar-refractivity contribution in [2.75, 3.05) is 6.54 Å². The summed E-state index contributed by atoms with van der Waals surface area (Å²) in [5.41, 5.74) is -0.628.